The number of benzene rings is 1. The van der Waals surface area contributed by atoms with E-state index in [0.717, 1.165) is 49.2 Å². The number of carbonyl (C=O) groups excluding carboxylic acids is 2. The average Bonchev–Trinajstić information content (AvgIpc) is 2.70. The van der Waals surface area contributed by atoms with E-state index < -0.39 is 0 Å². The fourth-order valence-electron chi connectivity index (χ4n) is 5.19. The molecule has 28 heavy (non-hydrogen) atoms. The van der Waals surface area contributed by atoms with Crippen LogP contribution in [-0.4, -0.2) is 55.0 Å². The van der Waals surface area contributed by atoms with Crippen molar-refractivity contribution in [3.8, 4) is 5.75 Å². The maximum atomic E-state index is 12.7. The zero-order valence-corrected chi connectivity index (χ0v) is 16.9. The number of fused-ring (bicyclic) bond motifs is 4. The van der Waals surface area contributed by atoms with Crippen LogP contribution in [0.15, 0.2) is 18.2 Å². The van der Waals surface area contributed by atoms with Crippen molar-refractivity contribution in [3.63, 3.8) is 0 Å². The molecule has 0 aromatic heterocycles. The van der Waals surface area contributed by atoms with Crippen LogP contribution in [0, 0.1) is 25.7 Å². The smallest absolute Gasteiger partial charge is 0.258 e. The highest BCUT2D eigenvalue weighted by atomic mass is 16.5. The van der Waals surface area contributed by atoms with Gasteiger partial charge >= 0.3 is 0 Å². The summed E-state index contributed by atoms with van der Waals surface area (Å²) in [5.41, 5.74) is 2.21. The molecule has 3 aliphatic heterocycles. The molecule has 2 N–H and O–H groups in total. The summed E-state index contributed by atoms with van der Waals surface area (Å²) < 4.78 is 5.72. The van der Waals surface area contributed by atoms with Gasteiger partial charge in [0.2, 0.25) is 5.91 Å². The van der Waals surface area contributed by atoms with Crippen LogP contribution in [0.5, 0.6) is 5.75 Å². The highest BCUT2D eigenvalue weighted by Crippen LogP contribution is 2.39. The maximum Gasteiger partial charge on any atom is 0.258 e. The predicted molar refractivity (Wildman–Crippen MR) is 107 cm³/mol. The van der Waals surface area contributed by atoms with E-state index in [4.69, 9.17) is 4.74 Å². The van der Waals surface area contributed by atoms with E-state index in [1.807, 2.05) is 32.0 Å². The molecule has 6 nitrogen and oxygen atoms in total. The molecule has 152 valence electrons. The number of hydrogen-bond acceptors (Lipinski definition) is 4. The van der Waals surface area contributed by atoms with Crippen molar-refractivity contribution in [3.05, 3.63) is 29.3 Å². The second-order valence-corrected chi connectivity index (χ2v) is 8.53. The van der Waals surface area contributed by atoms with Gasteiger partial charge < -0.3 is 20.3 Å². The van der Waals surface area contributed by atoms with Crippen molar-refractivity contribution >= 4 is 11.8 Å². The zero-order chi connectivity index (χ0) is 19.7. The Morgan fingerprint density at radius 1 is 1.29 bits per heavy atom. The van der Waals surface area contributed by atoms with Gasteiger partial charge in [0.25, 0.3) is 5.91 Å². The molecule has 3 fully saturated rings. The summed E-state index contributed by atoms with van der Waals surface area (Å²) in [4.78, 5) is 27.2. The van der Waals surface area contributed by atoms with Crippen molar-refractivity contribution < 1.29 is 14.3 Å². The average molecular weight is 386 g/mol. The van der Waals surface area contributed by atoms with Crippen molar-refractivity contribution in [1.82, 2.24) is 15.5 Å². The Labute approximate surface area is 167 Å². The third-order valence-electron chi connectivity index (χ3n) is 6.82. The Morgan fingerprint density at radius 2 is 2.11 bits per heavy atom. The Hall–Kier alpha value is -2.08. The summed E-state index contributed by atoms with van der Waals surface area (Å²) in [7, 11) is 0. The SMILES string of the molecule is Cc1cccc(OCC(=O)NC[C@H]2[C@@H]3CNC[C@H](C3)[C@@H]3CCCC(=O)N32)c1C. The number of hydrogen-bond donors (Lipinski definition) is 2. The molecule has 0 unspecified atom stereocenters. The number of nitrogens with zero attached hydrogens (tertiary/aromatic N) is 1. The van der Waals surface area contributed by atoms with Crippen molar-refractivity contribution in [2.75, 3.05) is 26.2 Å². The molecule has 3 saturated heterocycles. The third kappa shape index (κ3) is 3.75. The first kappa shape index (κ1) is 19.2. The lowest BCUT2D eigenvalue weighted by molar-refractivity contribution is -0.149. The number of rotatable bonds is 5. The minimum absolute atomic E-state index is 0.0000694. The zero-order valence-electron chi connectivity index (χ0n) is 16.9. The summed E-state index contributed by atoms with van der Waals surface area (Å²) in [5.74, 6) is 1.85. The third-order valence-corrected chi connectivity index (χ3v) is 6.82. The van der Waals surface area contributed by atoms with Crippen LogP contribution in [-0.2, 0) is 9.59 Å². The second-order valence-electron chi connectivity index (χ2n) is 8.53. The first-order valence-electron chi connectivity index (χ1n) is 10.5. The van der Waals surface area contributed by atoms with Gasteiger partial charge in [-0.25, -0.2) is 0 Å². The van der Waals surface area contributed by atoms with E-state index >= 15 is 0 Å². The molecule has 0 radical (unpaired) electrons. The first-order valence-corrected chi connectivity index (χ1v) is 10.5. The summed E-state index contributed by atoms with van der Waals surface area (Å²) in [6, 6.07) is 6.28. The van der Waals surface area contributed by atoms with Crippen LogP contribution >= 0.6 is 0 Å². The van der Waals surface area contributed by atoms with Gasteiger partial charge in [-0.05, 0) is 68.7 Å². The Kier molecular flexibility index (Phi) is 5.58. The van der Waals surface area contributed by atoms with Crippen LogP contribution < -0.4 is 15.4 Å². The predicted octanol–water partition coefficient (Wildman–Crippen LogP) is 1.79. The van der Waals surface area contributed by atoms with Crippen molar-refractivity contribution in [2.24, 2.45) is 11.8 Å². The quantitative estimate of drug-likeness (QED) is 0.811. The highest BCUT2D eigenvalue weighted by Gasteiger charge is 2.47. The summed E-state index contributed by atoms with van der Waals surface area (Å²) in [5, 5.41) is 6.56. The Balaban J connectivity index is 1.36. The number of nitrogens with one attached hydrogen (secondary N) is 2. The van der Waals surface area contributed by atoms with Crippen LogP contribution in [0.1, 0.15) is 36.8 Å². The van der Waals surface area contributed by atoms with Gasteiger partial charge in [-0.2, -0.15) is 0 Å². The van der Waals surface area contributed by atoms with Crippen molar-refractivity contribution in [2.45, 2.75) is 51.6 Å². The summed E-state index contributed by atoms with van der Waals surface area (Å²) in [6.07, 6.45) is 3.87. The molecular formula is C22H31N3O3. The lowest BCUT2D eigenvalue weighted by atomic mass is 9.72. The summed E-state index contributed by atoms with van der Waals surface area (Å²) >= 11 is 0. The molecule has 0 saturated carbocycles. The first-order chi connectivity index (χ1) is 13.5. The van der Waals surface area contributed by atoms with E-state index in [1.165, 1.54) is 0 Å². The number of aryl methyl sites for hydroxylation is 1. The van der Waals surface area contributed by atoms with Crippen molar-refractivity contribution in [1.29, 1.82) is 0 Å². The van der Waals surface area contributed by atoms with E-state index in [0.29, 0.717) is 30.8 Å². The number of amides is 2. The molecule has 0 spiro atoms. The minimum Gasteiger partial charge on any atom is -0.483 e. The van der Waals surface area contributed by atoms with E-state index in [9.17, 15) is 9.59 Å². The number of carbonyl (C=O) groups is 2. The fraction of sp³-hybridized carbons (Fsp3) is 0.636. The van der Waals surface area contributed by atoms with E-state index in [2.05, 4.69) is 15.5 Å². The van der Waals surface area contributed by atoms with Gasteiger partial charge in [0.15, 0.2) is 6.61 Å². The topological polar surface area (TPSA) is 70.7 Å². The Bertz CT molecular complexity index is 751. The fourth-order valence-corrected chi connectivity index (χ4v) is 5.19. The molecule has 1 aromatic carbocycles. The number of ether oxygens (including phenoxy) is 1. The molecule has 2 bridgehead atoms. The van der Waals surface area contributed by atoms with Crippen LogP contribution in [0.25, 0.3) is 0 Å². The minimum atomic E-state index is -0.132. The van der Waals surface area contributed by atoms with Crippen LogP contribution in [0.4, 0.5) is 0 Å². The van der Waals surface area contributed by atoms with Gasteiger partial charge in [0.05, 0.1) is 6.04 Å². The monoisotopic (exact) mass is 385 g/mol. The molecule has 4 atom stereocenters. The lowest BCUT2D eigenvalue weighted by Gasteiger charge is -2.54. The van der Waals surface area contributed by atoms with Gasteiger partial charge in [0, 0.05) is 25.6 Å². The van der Waals surface area contributed by atoms with Gasteiger partial charge in [-0.1, -0.05) is 12.1 Å². The second kappa shape index (κ2) is 8.11. The largest absolute Gasteiger partial charge is 0.483 e. The molecular weight excluding hydrogens is 354 g/mol. The normalized spacial score (nSPS) is 29.2. The maximum absolute atomic E-state index is 12.7. The molecule has 6 heteroatoms. The van der Waals surface area contributed by atoms with Crippen LogP contribution in [0.3, 0.4) is 0 Å². The lowest BCUT2D eigenvalue weighted by Crippen LogP contribution is -2.66. The van der Waals surface area contributed by atoms with Crippen LogP contribution in [0.2, 0.25) is 0 Å². The Morgan fingerprint density at radius 3 is 2.96 bits per heavy atom. The molecule has 4 rings (SSSR count). The van der Waals surface area contributed by atoms with E-state index in [-0.39, 0.29) is 24.5 Å². The van der Waals surface area contributed by atoms with E-state index in [1.54, 1.807) is 0 Å². The van der Waals surface area contributed by atoms with Gasteiger partial charge in [-0.3, -0.25) is 9.59 Å². The van der Waals surface area contributed by atoms with Gasteiger partial charge in [-0.15, -0.1) is 0 Å². The molecule has 3 heterocycles. The standard InChI is InChI=1S/C22H31N3O3/c1-14-5-3-7-20(15(14)2)28-13-21(26)24-12-19-17-9-16(10-23-11-17)18-6-4-8-22(27)25(18)19/h3,5,7,16-19,23H,4,6,8-13H2,1-2H3,(H,24,26)/t16-,17-,18-,19-/m0/s1. The highest BCUT2D eigenvalue weighted by molar-refractivity contribution is 5.79. The van der Waals surface area contributed by atoms with Gasteiger partial charge in [0.1, 0.15) is 5.75 Å². The molecule has 0 aliphatic carbocycles. The molecule has 3 aliphatic rings. The summed E-state index contributed by atoms with van der Waals surface area (Å²) in [6.45, 7) is 6.47. The molecule has 1 aromatic rings. The molecule has 2 amide bonds. The number of piperidine rings is 3.